The third-order valence-corrected chi connectivity index (χ3v) is 3.69. The van der Waals surface area contributed by atoms with Crippen LogP contribution in [0.25, 0.3) is 0 Å². The van der Waals surface area contributed by atoms with Crippen LogP contribution in [0.5, 0.6) is 0 Å². The van der Waals surface area contributed by atoms with Crippen molar-refractivity contribution < 1.29 is 5.11 Å². The van der Waals surface area contributed by atoms with E-state index in [4.69, 9.17) is 0 Å². The molecule has 1 aliphatic rings. The highest BCUT2D eigenvalue weighted by Gasteiger charge is 2.22. The molecule has 1 N–H and O–H groups in total. The molecule has 0 spiro atoms. The Morgan fingerprint density at radius 2 is 2.22 bits per heavy atom. The van der Waals surface area contributed by atoms with E-state index in [0.717, 1.165) is 31.2 Å². The van der Waals surface area contributed by atoms with Gasteiger partial charge in [-0.1, -0.05) is 19.9 Å². The summed E-state index contributed by atoms with van der Waals surface area (Å²) in [5.74, 6) is 0.491. The molecule has 1 heterocycles. The average Bonchev–Trinajstić information content (AvgIpc) is 2.31. The Morgan fingerprint density at radius 1 is 1.44 bits per heavy atom. The topological polar surface area (TPSA) is 42.2 Å². The molecule has 0 unspecified atom stereocenters. The highest BCUT2D eigenvalue weighted by Crippen LogP contribution is 2.27. The summed E-state index contributed by atoms with van der Waals surface area (Å²) in [4.78, 5) is 12.4. The molecule has 0 amide bonds. The number of aromatic nitrogens is 1. The number of pyridine rings is 1. The van der Waals surface area contributed by atoms with Crippen LogP contribution < -0.4 is 5.56 Å². The smallest absolute Gasteiger partial charge is 0.253 e. The number of hydrogen-bond donors (Lipinski definition) is 1. The van der Waals surface area contributed by atoms with E-state index in [2.05, 4.69) is 13.8 Å². The van der Waals surface area contributed by atoms with Crippen LogP contribution in [0, 0.1) is 5.92 Å². The van der Waals surface area contributed by atoms with E-state index in [1.807, 2.05) is 22.9 Å². The fourth-order valence-electron chi connectivity index (χ4n) is 2.83. The van der Waals surface area contributed by atoms with Crippen molar-refractivity contribution in [3.05, 3.63) is 34.2 Å². The molecule has 100 valence electrons. The molecule has 0 bridgehead atoms. The van der Waals surface area contributed by atoms with Gasteiger partial charge in [-0.05, 0) is 44.1 Å². The van der Waals surface area contributed by atoms with E-state index < -0.39 is 0 Å². The molecule has 2 rings (SSSR count). The molecule has 3 nitrogen and oxygen atoms in total. The summed E-state index contributed by atoms with van der Waals surface area (Å²) < 4.78 is 1.83. The summed E-state index contributed by atoms with van der Waals surface area (Å²) in [6.45, 7) is 4.25. The van der Waals surface area contributed by atoms with Crippen molar-refractivity contribution in [2.24, 2.45) is 5.92 Å². The third kappa shape index (κ3) is 3.02. The normalized spacial score (nSPS) is 24.4. The maximum atomic E-state index is 12.4. The summed E-state index contributed by atoms with van der Waals surface area (Å²) in [5.41, 5.74) is 1.03. The van der Waals surface area contributed by atoms with E-state index in [9.17, 15) is 9.90 Å². The van der Waals surface area contributed by atoms with Crippen LogP contribution in [0.4, 0.5) is 0 Å². The second-order valence-corrected chi connectivity index (χ2v) is 5.82. The van der Waals surface area contributed by atoms with Gasteiger partial charge < -0.3 is 9.67 Å². The molecule has 1 aliphatic carbocycles. The molecule has 1 aromatic rings. The zero-order valence-corrected chi connectivity index (χ0v) is 11.3. The molecule has 18 heavy (non-hydrogen) atoms. The minimum Gasteiger partial charge on any atom is -0.393 e. The van der Waals surface area contributed by atoms with E-state index in [1.54, 1.807) is 0 Å². The van der Waals surface area contributed by atoms with E-state index >= 15 is 0 Å². The lowest BCUT2D eigenvalue weighted by atomic mass is 9.92. The van der Waals surface area contributed by atoms with Gasteiger partial charge in [-0.3, -0.25) is 4.79 Å². The minimum atomic E-state index is -0.246. The Balaban J connectivity index is 2.25. The molecular weight excluding hydrogens is 226 g/mol. The highest BCUT2D eigenvalue weighted by molar-refractivity contribution is 5.12. The van der Waals surface area contributed by atoms with Crippen LogP contribution in [0.1, 0.15) is 51.1 Å². The number of aliphatic hydroxyl groups excluding tert-OH is 1. The first-order chi connectivity index (χ1) is 8.58. The molecule has 0 aromatic carbocycles. The maximum absolute atomic E-state index is 12.4. The molecule has 0 radical (unpaired) electrons. The van der Waals surface area contributed by atoms with Crippen molar-refractivity contribution >= 4 is 0 Å². The van der Waals surface area contributed by atoms with Crippen LogP contribution in [0.2, 0.25) is 0 Å². The molecule has 3 heteroatoms. The van der Waals surface area contributed by atoms with Gasteiger partial charge in [0.2, 0.25) is 0 Å². The Labute approximate surface area is 108 Å². The van der Waals surface area contributed by atoms with Gasteiger partial charge in [-0.2, -0.15) is 0 Å². The van der Waals surface area contributed by atoms with Crippen molar-refractivity contribution in [1.82, 2.24) is 4.57 Å². The van der Waals surface area contributed by atoms with Gasteiger partial charge in [0, 0.05) is 17.8 Å². The van der Waals surface area contributed by atoms with Crippen molar-refractivity contribution in [1.29, 1.82) is 0 Å². The van der Waals surface area contributed by atoms with Crippen molar-refractivity contribution in [2.75, 3.05) is 0 Å². The minimum absolute atomic E-state index is 0.130. The van der Waals surface area contributed by atoms with E-state index in [1.165, 1.54) is 0 Å². The van der Waals surface area contributed by atoms with Crippen LogP contribution in [0.15, 0.2) is 23.1 Å². The summed E-state index contributed by atoms with van der Waals surface area (Å²) in [5, 5.41) is 9.73. The zero-order chi connectivity index (χ0) is 13.1. The summed E-state index contributed by atoms with van der Waals surface area (Å²) in [6.07, 6.45) is 6.05. The molecule has 1 saturated carbocycles. The van der Waals surface area contributed by atoms with Crippen molar-refractivity contribution in [3.63, 3.8) is 0 Å². The van der Waals surface area contributed by atoms with Gasteiger partial charge in [-0.25, -0.2) is 0 Å². The molecule has 1 fully saturated rings. The Kier molecular flexibility index (Phi) is 4.23. The standard InChI is InChI=1S/C15H23NO2/c1-11(2)9-12-5-4-8-16(15(12)18)13-6-3-7-14(17)10-13/h4-5,8,11,13-14,17H,3,6-7,9-10H2,1-2H3/t13-,14+/m0/s1. The van der Waals surface area contributed by atoms with Crippen molar-refractivity contribution in [3.8, 4) is 0 Å². The molecular formula is C15H23NO2. The van der Waals surface area contributed by atoms with Crippen LogP contribution in [0.3, 0.4) is 0 Å². The van der Waals surface area contributed by atoms with Gasteiger partial charge in [0.15, 0.2) is 0 Å². The second-order valence-electron chi connectivity index (χ2n) is 5.82. The maximum Gasteiger partial charge on any atom is 0.253 e. The number of aliphatic hydroxyl groups is 1. The number of hydrogen-bond acceptors (Lipinski definition) is 2. The molecule has 0 saturated heterocycles. The zero-order valence-electron chi connectivity index (χ0n) is 11.3. The summed E-state index contributed by atoms with van der Waals surface area (Å²) in [7, 11) is 0. The highest BCUT2D eigenvalue weighted by atomic mass is 16.3. The molecule has 2 atom stereocenters. The summed E-state index contributed by atoms with van der Waals surface area (Å²) in [6, 6.07) is 4.06. The first-order valence-corrected chi connectivity index (χ1v) is 6.96. The van der Waals surface area contributed by atoms with Crippen LogP contribution >= 0.6 is 0 Å². The number of rotatable bonds is 3. The lowest BCUT2D eigenvalue weighted by Gasteiger charge is -2.27. The van der Waals surface area contributed by atoms with Gasteiger partial charge in [0.1, 0.15) is 0 Å². The lowest BCUT2D eigenvalue weighted by Crippen LogP contribution is -2.31. The predicted octanol–water partition coefficient (Wildman–Crippen LogP) is 2.52. The lowest BCUT2D eigenvalue weighted by molar-refractivity contribution is 0.103. The molecule has 1 aromatic heterocycles. The van der Waals surface area contributed by atoms with Gasteiger partial charge >= 0.3 is 0 Å². The van der Waals surface area contributed by atoms with Crippen LogP contribution in [-0.2, 0) is 6.42 Å². The Bertz CT molecular complexity index is 450. The monoisotopic (exact) mass is 249 g/mol. The van der Waals surface area contributed by atoms with Gasteiger partial charge in [-0.15, -0.1) is 0 Å². The van der Waals surface area contributed by atoms with E-state index in [-0.39, 0.29) is 17.7 Å². The quantitative estimate of drug-likeness (QED) is 0.894. The first-order valence-electron chi connectivity index (χ1n) is 6.96. The fourth-order valence-corrected chi connectivity index (χ4v) is 2.83. The second kappa shape index (κ2) is 5.70. The average molecular weight is 249 g/mol. The van der Waals surface area contributed by atoms with E-state index in [0.29, 0.717) is 12.3 Å². The third-order valence-electron chi connectivity index (χ3n) is 3.69. The number of nitrogens with zero attached hydrogens (tertiary/aromatic N) is 1. The predicted molar refractivity (Wildman–Crippen MR) is 72.8 cm³/mol. The molecule has 0 aliphatic heterocycles. The SMILES string of the molecule is CC(C)Cc1cccn([C@H]2CCC[C@@H](O)C2)c1=O. The summed E-state index contributed by atoms with van der Waals surface area (Å²) >= 11 is 0. The van der Waals surface area contributed by atoms with Crippen molar-refractivity contribution in [2.45, 2.75) is 58.1 Å². The largest absolute Gasteiger partial charge is 0.393 e. The van der Waals surface area contributed by atoms with Crippen LogP contribution in [-0.4, -0.2) is 15.8 Å². The fraction of sp³-hybridized carbons (Fsp3) is 0.667. The van der Waals surface area contributed by atoms with Gasteiger partial charge in [0.05, 0.1) is 6.10 Å². The Hall–Kier alpha value is -1.09. The first kappa shape index (κ1) is 13.3. The van der Waals surface area contributed by atoms with Gasteiger partial charge in [0.25, 0.3) is 5.56 Å². The Morgan fingerprint density at radius 3 is 2.89 bits per heavy atom.